The van der Waals surface area contributed by atoms with Gasteiger partial charge in [0.15, 0.2) is 5.76 Å². The molecule has 0 N–H and O–H groups in total. The Kier molecular flexibility index (Phi) is 3.82. The molecule has 2 aromatic carbocycles. The molecule has 0 atom stereocenters. The molecule has 0 aliphatic carbocycles. The maximum atomic E-state index is 12.9. The summed E-state index contributed by atoms with van der Waals surface area (Å²) >= 11 is 0. The van der Waals surface area contributed by atoms with E-state index in [0.717, 1.165) is 5.56 Å². The summed E-state index contributed by atoms with van der Waals surface area (Å²) in [6.07, 6.45) is 3.09. The van der Waals surface area contributed by atoms with Crippen molar-refractivity contribution in [2.45, 2.75) is 6.61 Å². The highest BCUT2D eigenvalue weighted by Gasteiger charge is 2.28. The number of hydrogen-bond acceptors (Lipinski definition) is 4. The average Bonchev–Trinajstić information content (AvgIpc) is 3.23. The molecule has 1 aliphatic heterocycles. The summed E-state index contributed by atoms with van der Waals surface area (Å²) in [4.78, 5) is 12.3. The Labute approximate surface area is 143 Å². The van der Waals surface area contributed by atoms with Gasteiger partial charge in [0.1, 0.15) is 29.7 Å². The molecule has 4 rings (SSSR count). The van der Waals surface area contributed by atoms with Gasteiger partial charge in [0.2, 0.25) is 5.78 Å². The van der Waals surface area contributed by atoms with E-state index in [-0.39, 0.29) is 17.4 Å². The van der Waals surface area contributed by atoms with E-state index in [1.165, 1.54) is 18.4 Å². The normalized spacial score (nSPS) is 14.4. The number of hydrogen-bond donors (Lipinski definition) is 0. The Hall–Kier alpha value is -3.34. The highest BCUT2D eigenvalue weighted by atomic mass is 19.1. The zero-order valence-electron chi connectivity index (χ0n) is 13.1. The Bertz CT molecular complexity index is 940. The third-order valence-corrected chi connectivity index (χ3v) is 3.78. The fraction of sp³-hybridized carbons (Fsp3) is 0.0500. The number of rotatable bonds is 4. The molecule has 0 unspecified atom stereocenters. The summed E-state index contributed by atoms with van der Waals surface area (Å²) in [5.74, 6) is 1.28. The minimum atomic E-state index is -0.288. The van der Waals surface area contributed by atoms with Crippen LogP contribution in [-0.2, 0) is 6.61 Å². The number of carbonyl (C=O) groups is 1. The molecule has 1 aromatic heterocycles. The van der Waals surface area contributed by atoms with E-state index < -0.39 is 0 Å². The molecule has 0 saturated carbocycles. The number of allylic oxidation sites excluding steroid dienone is 1. The largest absolute Gasteiger partial charge is 0.489 e. The lowest BCUT2D eigenvalue weighted by atomic mass is 10.1. The summed E-state index contributed by atoms with van der Waals surface area (Å²) in [6, 6.07) is 14.6. The zero-order chi connectivity index (χ0) is 17.2. The first-order valence-electron chi connectivity index (χ1n) is 7.68. The van der Waals surface area contributed by atoms with Crippen LogP contribution in [0.1, 0.15) is 21.7 Å². The number of carbonyl (C=O) groups excluding carboxylic acids is 1. The van der Waals surface area contributed by atoms with Crippen LogP contribution >= 0.6 is 0 Å². The first-order valence-corrected chi connectivity index (χ1v) is 7.68. The number of ketones is 1. The van der Waals surface area contributed by atoms with Crippen LogP contribution in [0.2, 0.25) is 0 Å². The summed E-state index contributed by atoms with van der Waals surface area (Å²) < 4.78 is 29.4. The number of furan rings is 1. The van der Waals surface area contributed by atoms with Gasteiger partial charge in [-0.15, -0.1) is 0 Å². The smallest absolute Gasteiger partial charge is 0.232 e. The van der Waals surface area contributed by atoms with Gasteiger partial charge >= 0.3 is 0 Å². The SMILES string of the molecule is O=C1/C(=C/c2ccco2)Oc2cc(OCc3ccc(F)cc3)ccc21. The second kappa shape index (κ2) is 6.28. The standard InChI is InChI=1S/C20H13FO4/c21-14-5-3-13(4-6-14)12-24-16-7-8-17-18(10-16)25-19(20(17)22)11-15-2-1-9-23-15/h1-11H,12H2/b19-11-. The molecular formula is C20H13FO4. The van der Waals surface area contributed by atoms with Gasteiger partial charge in [-0.05, 0) is 42.0 Å². The number of halogens is 1. The molecule has 0 bridgehead atoms. The molecule has 5 heteroatoms. The van der Waals surface area contributed by atoms with Gasteiger partial charge in [-0.25, -0.2) is 4.39 Å². The first-order chi connectivity index (χ1) is 12.2. The number of fused-ring (bicyclic) bond motifs is 1. The summed E-state index contributed by atoms with van der Waals surface area (Å²) in [5.41, 5.74) is 1.32. The van der Waals surface area contributed by atoms with Crippen molar-refractivity contribution in [1.29, 1.82) is 0 Å². The van der Waals surface area contributed by atoms with Crippen LogP contribution < -0.4 is 9.47 Å². The molecule has 25 heavy (non-hydrogen) atoms. The van der Waals surface area contributed by atoms with E-state index in [9.17, 15) is 9.18 Å². The maximum Gasteiger partial charge on any atom is 0.232 e. The minimum absolute atomic E-state index is 0.198. The molecule has 3 aromatic rings. The van der Waals surface area contributed by atoms with Crippen LogP contribution in [0.15, 0.2) is 71.0 Å². The van der Waals surface area contributed by atoms with Crippen LogP contribution in [0.3, 0.4) is 0 Å². The molecule has 124 valence electrons. The van der Waals surface area contributed by atoms with Crippen LogP contribution in [-0.4, -0.2) is 5.78 Å². The van der Waals surface area contributed by atoms with Gasteiger partial charge < -0.3 is 13.9 Å². The first kappa shape index (κ1) is 15.2. The summed E-state index contributed by atoms with van der Waals surface area (Å²) in [7, 11) is 0. The molecule has 1 aliphatic rings. The van der Waals surface area contributed by atoms with E-state index in [4.69, 9.17) is 13.9 Å². The molecule has 0 saturated heterocycles. The van der Waals surface area contributed by atoms with Crippen molar-refractivity contribution < 1.29 is 23.1 Å². The minimum Gasteiger partial charge on any atom is -0.489 e. The predicted octanol–water partition coefficient (Wildman–Crippen LogP) is 4.61. The van der Waals surface area contributed by atoms with Crippen LogP contribution in [0.4, 0.5) is 4.39 Å². The quantitative estimate of drug-likeness (QED) is 0.653. The van der Waals surface area contributed by atoms with Crippen molar-refractivity contribution in [3.05, 3.63) is 89.3 Å². The Morgan fingerprint density at radius 3 is 2.68 bits per heavy atom. The number of Topliss-reactive ketones (excluding diaryl/α,β-unsaturated/α-hetero) is 1. The summed E-state index contributed by atoms with van der Waals surface area (Å²) in [6.45, 7) is 0.294. The Morgan fingerprint density at radius 2 is 1.92 bits per heavy atom. The zero-order valence-corrected chi connectivity index (χ0v) is 13.1. The van der Waals surface area contributed by atoms with Crippen molar-refractivity contribution in [2.75, 3.05) is 0 Å². The van der Waals surface area contributed by atoms with Gasteiger partial charge in [-0.1, -0.05) is 12.1 Å². The molecule has 4 nitrogen and oxygen atoms in total. The van der Waals surface area contributed by atoms with Crippen molar-refractivity contribution in [2.24, 2.45) is 0 Å². The molecule has 0 spiro atoms. The van der Waals surface area contributed by atoms with Crippen LogP contribution in [0, 0.1) is 5.82 Å². The molecule has 0 amide bonds. The van der Waals surface area contributed by atoms with E-state index in [1.807, 2.05) is 0 Å². The Balaban J connectivity index is 1.50. The molecule has 0 radical (unpaired) electrons. The van der Waals surface area contributed by atoms with Gasteiger partial charge in [-0.3, -0.25) is 4.79 Å². The molecule has 0 fully saturated rings. The van der Waals surface area contributed by atoms with Gasteiger partial charge in [0.25, 0.3) is 0 Å². The third-order valence-electron chi connectivity index (χ3n) is 3.78. The third kappa shape index (κ3) is 3.17. The molecule has 2 heterocycles. The van der Waals surface area contributed by atoms with Gasteiger partial charge in [0, 0.05) is 12.1 Å². The van der Waals surface area contributed by atoms with E-state index in [1.54, 1.807) is 48.5 Å². The average molecular weight is 336 g/mol. The lowest BCUT2D eigenvalue weighted by Crippen LogP contribution is -1.97. The highest BCUT2D eigenvalue weighted by Crippen LogP contribution is 2.35. The maximum absolute atomic E-state index is 12.9. The predicted molar refractivity (Wildman–Crippen MR) is 88.8 cm³/mol. The highest BCUT2D eigenvalue weighted by molar-refractivity contribution is 6.14. The summed E-state index contributed by atoms with van der Waals surface area (Å²) in [5, 5.41) is 0. The van der Waals surface area contributed by atoms with E-state index in [2.05, 4.69) is 0 Å². The fourth-order valence-corrected chi connectivity index (χ4v) is 2.51. The number of ether oxygens (including phenoxy) is 2. The van der Waals surface area contributed by atoms with Gasteiger partial charge in [0.05, 0.1) is 11.8 Å². The van der Waals surface area contributed by atoms with Crippen molar-refractivity contribution >= 4 is 11.9 Å². The van der Waals surface area contributed by atoms with Crippen LogP contribution in [0.25, 0.3) is 6.08 Å². The number of benzene rings is 2. The second-order valence-corrected chi connectivity index (χ2v) is 5.53. The fourth-order valence-electron chi connectivity index (χ4n) is 2.51. The van der Waals surface area contributed by atoms with Crippen LogP contribution in [0.5, 0.6) is 11.5 Å². The lowest BCUT2D eigenvalue weighted by molar-refractivity contribution is 0.101. The van der Waals surface area contributed by atoms with E-state index in [0.29, 0.717) is 29.4 Å². The van der Waals surface area contributed by atoms with Crippen molar-refractivity contribution in [3.63, 3.8) is 0 Å². The lowest BCUT2D eigenvalue weighted by Gasteiger charge is -2.07. The second-order valence-electron chi connectivity index (χ2n) is 5.53. The van der Waals surface area contributed by atoms with Crippen molar-refractivity contribution in [1.82, 2.24) is 0 Å². The topological polar surface area (TPSA) is 48.7 Å². The van der Waals surface area contributed by atoms with Gasteiger partial charge in [-0.2, -0.15) is 0 Å². The Morgan fingerprint density at radius 1 is 1.08 bits per heavy atom. The van der Waals surface area contributed by atoms with E-state index >= 15 is 0 Å². The monoisotopic (exact) mass is 336 g/mol. The van der Waals surface area contributed by atoms with Crippen molar-refractivity contribution in [3.8, 4) is 11.5 Å². The molecular weight excluding hydrogens is 323 g/mol.